The Labute approximate surface area is 135 Å². The van der Waals surface area contributed by atoms with Gasteiger partial charge >= 0.3 is 5.97 Å². The van der Waals surface area contributed by atoms with Gasteiger partial charge in [0.15, 0.2) is 0 Å². The van der Waals surface area contributed by atoms with E-state index in [1.165, 1.54) is 0 Å². The lowest BCUT2D eigenvalue weighted by Gasteiger charge is -2.32. The number of esters is 1. The molecule has 0 aliphatic carbocycles. The zero-order chi connectivity index (χ0) is 16.2. The van der Waals surface area contributed by atoms with E-state index in [0.717, 1.165) is 41.8 Å². The fourth-order valence-corrected chi connectivity index (χ4v) is 2.97. The molecule has 0 aromatic carbocycles. The van der Waals surface area contributed by atoms with E-state index in [1.54, 1.807) is 6.20 Å². The lowest BCUT2D eigenvalue weighted by molar-refractivity contribution is -0.148. The molecule has 6 nitrogen and oxygen atoms in total. The van der Waals surface area contributed by atoms with Crippen LogP contribution in [0.3, 0.4) is 0 Å². The van der Waals surface area contributed by atoms with Gasteiger partial charge in [0.25, 0.3) is 0 Å². The first kappa shape index (κ1) is 15.7. The molecule has 2 aromatic rings. The third-order valence-electron chi connectivity index (χ3n) is 4.19. The van der Waals surface area contributed by atoms with Crippen molar-refractivity contribution in [1.82, 2.24) is 9.97 Å². The van der Waals surface area contributed by atoms with E-state index in [2.05, 4.69) is 9.88 Å². The van der Waals surface area contributed by atoms with Gasteiger partial charge in [0.2, 0.25) is 0 Å². The maximum absolute atomic E-state index is 12.0. The average Bonchev–Trinajstić information content (AvgIpc) is 2.61. The van der Waals surface area contributed by atoms with Crippen LogP contribution >= 0.6 is 0 Å². The first-order chi connectivity index (χ1) is 11.2. The van der Waals surface area contributed by atoms with Gasteiger partial charge in [0, 0.05) is 31.2 Å². The molecule has 1 atom stereocenters. The molecule has 1 saturated heterocycles. The van der Waals surface area contributed by atoms with Crippen molar-refractivity contribution in [3.8, 4) is 0 Å². The molecule has 0 saturated carbocycles. The predicted molar refractivity (Wildman–Crippen MR) is 89.0 cm³/mol. The number of rotatable bonds is 4. The largest absolute Gasteiger partial charge is 0.466 e. The van der Waals surface area contributed by atoms with Crippen molar-refractivity contribution in [1.29, 1.82) is 0 Å². The lowest BCUT2D eigenvalue weighted by Crippen LogP contribution is -2.39. The van der Waals surface area contributed by atoms with Crippen LogP contribution in [0.5, 0.6) is 0 Å². The van der Waals surface area contributed by atoms with Gasteiger partial charge in [-0.25, -0.2) is 4.98 Å². The molecular formula is C17H22N4O2. The molecule has 0 spiro atoms. The second kappa shape index (κ2) is 6.91. The summed E-state index contributed by atoms with van der Waals surface area (Å²) in [6.45, 7) is 4.23. The fraction of sp³-hybridized carbons (Fsp3) is 0.471. The topological polar surface area (TPSA) is 81.3 Å². The van der Waals surface area contributed by atoms with Gasteiger partial charge in [0.1, 0.15) is 5.82 Å². The van der Waals surface area contributed by atoms with Gasteiger partial charge < -0.3 is 15.4 Å². The summed E-state index contributed by atoms with van der Waals surface area (Å²) in [5.41, 5.74) is 7.36. The SMILES string of the molecule is CCOC(=O)C1CCCN(c2ccc3cnc(CN)cc3n2)C1. The highest BCUT2D eigenvalue weighted by molar-refractivity contribution is 5.80. The van der Waals surface area contributed by atoms with Crippen molar-refractivity contribution < 1.29 is 9.53 Å². The molecule has 2 aromatic heterocycles. The second-order valence-corrected chi connectivity index (χ2v) is 5.78. The van der Waals surface area contributed by atoms with Crippen LogP contribution in [0.25, 0.3) is 10.9 Å². The van der Waals surface area contributed by atoms with Crippen LogP contribution in [-0.2, 0) is 16.1 Å². The number of carbonyl (C=O) groups excluding carboxylic acids is 1. The number of aromatic nitrogens is 2. The monoisotopic (exact) mass is 314 g/mol. The van der Waals surface area contributed by atoms with Crippen LogP contribution in [-0.4, -0.2) is 35.6 Å². The third-order valence-corrected chi connectivity index (χ3v) is 4.19. The number of carbonyl (C=O) groups is 1. The third kappa shape index (κ3) is 3.42. The first-order valence-electron chi connectivity index (χ1n) is 8.08. The minimum Gasteiger partial charge on any atom is -0.466 e. The molecule has 3 heterocycles. The van der Waals surface area contributed by atoms with Gasteiger partial charge in [-0.3, -0.25) is 9.78 Å². The molecular weight excluding hydrogens is 292 g/mol. The zero-order valence-corrected chi connectivity index (χ0v) is 13.4. The number of anilines is 1. The molecule has 122 valence electrons. The Morgan fingerprint density at radius 1 is 1.48 bits per heavy atom. The second-order valence-electron chi connectivity index (χ2n) is 5.78. The van der Waals surface area contributed by atoms with Crippen molar-refractivity contribution in [2.75, 3.05) is 24.6 Å². The summed E-state index contributed by atoms with van der Waals surface area (Å²) in [6, 6.07) is 5.92. The van der Waals surface area contributed by atoms with Gasteiger partial charge in [-0.2, -0.15) is 0 Å². The normalized spacial score (nSPS) is 18.2. The van der Waals surface area contributed by atoms with Crippen molar-refractivity contribution in [3.05, 3.63) is 30.1 Å². The van der Waals surface area contributed by atoms with Crippen LogP contribution in [0.15, 0.2) is 24.4 Å². The Bertz CT molecular complexity index is 704. The molecule has 2 N–H and O–H groups in total. The molecule has 23 heavy (non-hydrogen) atoms. The van der Waals surface area contributed by atoms with Crippen LogP contribution in [0, 0.1) is 5.92 Å². The molecule has 0 amide bonds. The lowest BCUT2D eigenvalue weighted by atomic mass is 9.98. The number of hydrogen-bond donors (Lipinski definition) is 1. The highest BCUT2D eigenvalue weighted by atomic mass is 16.5. The zero-order valence-electron chi connectivity index (χ0n) is 13.4. The number of nitrogens with zero attached hydrogens (tertiary/aromatic N) is 3. The summed E-state index contributed by atoms with van der Waals surface area (Å²) in [5.74, 6) is 0.714. The predicted octanol–water partition coefficient (Wildman–Crippen LogP) is 1.87. The number of hydrogen-bond acceptors (Lipinski definition) is 6. The minimum absolute atomic E-state index is 0.0711. The highest BCUT2D eigenvalue weighted by Crippen LogP contribution is 2.24. The van der Waals surface area contributed by atoms with E-state index in [4.69, 9.17) is 15.5 Å². The van der Waals surface area contributed by atoms with E-state index in [1.807, 2.05) is 25.1 Å². The average molecular weight is 314 g/mol. The van der Waals surface area contributed by atoms with Crippen molar-refractivity contribution >= 4 is 22.7 Å². The Morgan fingerprint density at radius 2 is 2.35 bits per heavy atom. The van der Waals surface area contributed by atoms with E-state index >= 15 is 0 Å². The van der Waals surface area contributed by atoms with Crippen LogP contribution < -0.4 is 10.6 Å². The summed E-state index contributed by atoms with van der Waals surface area (Å²) in [7, 11) is 0. The number of nitrogens with two attached hydrogens (primary N) is 1. The van der Waals surface area contributed by atoms with Gasteiger partial charge in [-0.05, 0) is 38.0 Å². The van der Waals surface area contributed by atoms with Crippen LogP contribution in [0.4, 0.5) is 5.82 Å². The van der Waals surface area contributed by atoms with Crippen LogP contribution in [0.2, 0.25) is 0 Å². The number of piperidine rings is 1. The minimum atomic E-state index is -0.104. The summed E-state index contributed by atoms with van der Waals surface area (Å²) in [4.78, 5) is 23.1. The Kier molecular flexibility index (Phi) is 4.71. The molecule has 0 bridgehead atoms. The molecule has 1 unspecified atom stereocenters. The van der Waals surface area contributed by atoms with Crippen molar-refractivity contribution in [2.24, 2.45) is 11.7 Å². The fourth-order valence-electron chi connectivity index (χ4n) is 2.97. The number of ether oxygens (including phenoxy) is 1. The molecule has 1 fully saturated rings. The van der Waals surface area contributed by atoms with E-state index in [9.17, 15) is 4.79 Å². The molecule has 3 rings (SSSR count). The van der Waals surface area contributed by atoms with E-state index in [0.29, 0.717) is 19.7 Å². The van der Waals surface area contributed by atoms with Crippen LogP contribution in [0.1, 0.15) is 25.5 Å². The summed E-state index contributed by atoms with van der Waals surface area (Å²) in [5, 5.41) is 0.991. The van der Waals surface area contributed by atoms with E-state index in [-0.39, 0.29) is 11.9 Å². The molecule has 1 aliphatic heterocycles. The quantitative estimate of drug-likeness (QED) is 0.868. The smallest absolute Gasteiger partial charge is 0.310 e. The summed E-state index contributed by atoms with van der Waals surface area (Å²) >= 11 is 0. The maximum atomic E-state index is 12.0. The van der Waals surface area contributed by atoms with Crippen molar-refractivity contribution in [2.45, 2.75) is 26.3 Å². The highest BCUT2D eigenvalue weighted by Gasteiger charge is 2.27. The standard InChI is InChI=1S/C17H22N4O2/c1-2-23-17(22)13-4-3-7-21(11-13)16-6-5-12-10-19-14(9-18)8-15(12)20-16/h5-6,8,10,13H,2-4,7,9,11,18H2,1H3. The number of pyridine rings is 2. The maximum Gasteiger partial charge on any atom is 0.310 e. The molecule has 1 aliphatic rings. The van der Waals surface area contributed by atoms with Gasteiger partial charge in [0.05, 0.1) is 23.7 Å². The Hall–Kier alpha value is -2.21. The first-order valence-corrected chi connectivity index (χ1v) is 8.08. The van der Waals surface area contributed by atoms with Gasteiger partial charge in [-0.1, -0.05) is 0 Å². The van der Waals surface area contributed by atoms with E-state index < -0.39 is 0 Å². The number of fused-ring (bicyclic) bond motifs is 1. The molecule has 6 heteroatoms. The van der Waals surface area contributed by atoms with Gasteiger partial charge in [-0.15, -0.1) is 0 Å². The summed E-state index contributed by atoms with van der Waals surface area (Å²) < 4.78 is 5.16. The molecule has 0 radical (unpaired) electrons. The Morgan fingerprint density at radius 3 is 3.13 bits per heavy atom. The summed E-state index contributed by atoms with van der Waals surface area (Å²) in [6.07, 6.45) is 3.64. The Balaban J connectivity index is 1.82. The van der Waals surface area contributed by atoms with Crippen molar-refractivity contribution in [3.63, 3.8) is 0 Å².